The van der Waals surface area contributed by atoms with E-state index >= 15 is 0 Å². The van der Waals surface area contributed by atoms with E-state index in [9.17, 15) is 4.79 Å². The number of hydrogen-bond donors (Lipinski definition) is 2. The van der Waals surface area contributed by atoms with Crippen molar-refractivity contribution in [1.82, 2.24) is 15.5 Å². The van der Waals surface area contributed by atoms with Crippen molar-refractivity contribution in [2.45, 2.75) is 38.0 Å². The summed E-state index contributed by atoms with van der Waals surface area (Å²) in [6.07, 6.45) is 2.69. The highest BCUT2D eigenvalue weighted by molar-refractivity contribution is 5.85. The summed E-state index contributed by atoms with van der Waals surface area (Å²) in [5, 5.41) is 6.46. The molecule has 0 aliphatic carbocycles. The number of nitrogens with one attached hydrogen (secondary N) is 2. The molecule has 0 radical (unpaired) electrons. The van der Waals surface area contributed by atoms with Crippen LogP contribution in [0.5, 0.6) is 0 Å². The zero-order chi connectivity index (χ0) is 15.9. The molecule has 2 atom stereocenters. The highest BCUT2D eigenvalue weighted by Crippen LogP contribution is 2.14. The quantitative estimate of drug-likeness (QED) is 0.808. The lowest BCUT2D eigenvalue weighted by Crippen LogP contribution is -2.49. The summed E-state index contributed by atoms with van der Waals surface area (Å²) in [6.45, 7) is 5.36. The maximum absolute atomic E-state index is 12.2. The first kappa shape index (κ1) is 22.2. The number of halogens is 2. The molecule has 0 bridgehead atoms. The third-order valence-electron chi connectivity index (χ3n) is 4.54. The second-order valence-corrected chi connectivity index (χ2v) is 6.53. The van der Waals surface area contributed by atoms with Crippen molar-refractivity contribution >= 4 is 30.7 Å². The highest BCUT2D eigenvalue weighted by Gasteiger charge is 2.23. The summed E-state index contributed by atoms with van der Waals surface area (Å²) >= 11 is 0. The normalized spacial score (nSPS) is 23.8. The molecule has 0 spiro atoms. The lowest BCUT2D eigenvalue weighted by atomic mass is 10.0. The fourth-order valence-corrected chi connectivity index (χ4v) is 3.40. The molecule has 5 nitrogen and oxygen atoms in total. The van der Waals surface area contributed by atoms with Crippen molar-refractivity contribution in [3.63, 3.8) is 0 Å². The fraction of sp³-hybridized carbons (Fsp3) is 0.611. The maximum atomic E-state index is 12.2. The molecule has 2 saturated heterocycles. The van der Waals surface area contributed by atoms with E-state index in [1.807, 2.05) is 6.07 Å². The van der Waals surface area contributed by atoms with Gasteiger partial charge in [-0.3, -0.25) is 9.69 Å². The number of benzene rings is 1. The van der Waals surface area contributed by atoms with E-state index < -0.39 is 0 Å². The van der Waals surface area contributed by atoms with Gasteiger partial charge in [0.1, 0.15) is 0 Å². The summed E-state index contributed by atoms with van der Waals surface area (Å²) in [5.41, 5.74) is 1.33. The Morgan fingerprint density at radius 3 is 2.80 bits per heavy atom. The van der Waals surface area contributed by atoms with Crippen molar-refractivity contribution in [2.75, 3.05) is 32.8 Å². The monoisotopic (exact) mass is 389 g/mol. The van der Waals surface area contributed by atoms with Crippen molar-refractivity contribution < 1.29 is 9.53 Å². The van der Waals surface area contributed by atoms with E-state index in [2.05, 4.69) is 39.8 Å². The summed E-state index contributed by atoms with van der Waals surface area (Å²) in [6, 6.07) is 10.8. The molecule has 25 heavy (non-hydrogen) atoms. The van der Waals surface area contributed by atoms with Gasteiger partial charge in [0.05, 0.1) is 19.1 Å². The Kier molecular flexibility index (Phi) is 10.4. The standard InChI is InChI=1S/C18H27N3O2.2ClH/c22-18(11-17-12-19-8-10-23-17)20-16-7-4-9-21(14-16)13-15-5-2-1-3-6-15;;/h1-3,5-6,16-17,19H,4,7-14H2,(H,20,22);2*1H. The van der Waals surface area contributed by atoms with Crippen LogP contribution in [0.15, 0.2) is 30.3 Å². The van der Waals surface area contributed by atoms with Crippen LogP contribution in [0, 0.1) is 0 Å². The van der Waals surface area contributed by atoms with Gasteiger partial charge in [0.15, 0.2) is 0 Å². The van der Waals surface area contributed by atoms with Crippen molar-refractivity contribution in [3.05, 3.63) is 35.9 Å². The number of carbonyl (C=O) groups is 1. The van der Waals surface area contributed by atoms with E-state index in [1.165, 1.54) is 5.56 Å². The molecule has 0 aromatic heterocycles. The predicted octanol–water partition coefficient (Wildman–Crippen LogP) is 1.99. The lowest BCUT2D eigenvalue weighted by Gasteiger charge is -2.33. The molecule has 2 aliphatic rings. The van der Waals surface area contributed by atoms with Crippen LogP contribution >= 0.6 is 24.8 Å². The molecule has 2 fully saturated rings. The van der Waals surface area contributed by atoms with Gasteiger partial charge in [-0.05, 0) is 24.9 Å². The SMILES string of the molecule is Cl.Cl.O=C(CC1CNCCO1)NC1CCCN(Cc2ccccc2)C1. The number of ether oxygens (including phenoxy) is 1. The smallest absolute Gasteiger partial charge is 0.222 e. The topological polar surface area (TPSA) is 53.6 Å². The van der Waals surface area contributed by atoms with E-state index in [-0.39, 0.29) is 42.9 Å². The van der Waals surface area contributed by atoms with Gasteiger partial charge >= 0.3 is 0 Å². The average molecular weight is 390 g/mol. The van der Waals surface area contributed by atoms with Gasteiger partial charge in [-0.1, -0.05) is 30.3 Å². The summed E-state index contributed by atoms with van der Waals surface area (Å²) in [5.74, 6) is 0.116. The van der Waals surface area contributed by atoms with Crippen molar-refractivity contribution in [1.29, 1.82) is 0 Å². The van der Waals surface area contributed by atoms with Gasteiger partial charge in [0, 0.05) is 32.2 Å². The first-order valence-corrected chi connectivity index (χ1v) is 8.67. The molecule has 1 amide bonds. The maximum Gasteiger partial charge on any atom is 0.222 e. The fourth-order valence-electron chi connectivity index (χ4n) is 3.40. The number of likely N-dealkylation sites (tertiary alicyclic amines) is 1. The first-order chi connectivity index (χ1) is 11.3. The molecule has 2 unspecified atom stereocenters. The molecule has 2 heterocycles. The van der Waals surface area contributed by atoms with Crippen LogP contribution < -0.4 is 10.6 Å². The Morgan fingerprint density at radius 2 is 2.08 bits per heavy atom. The Morgan fingerprint density at radius 1 is 1.28 bits per heavy atom. The van der Waals surface area contributed by atoms with Crippen LogP contribution in [0.25, 0.3) is 0 Å². The van der Waals surface area contributed by atoms with E-state index in [4.69, 9.17) is 4.74 Å². The van der Waals surface area contributed by atoms with Crippen molar-refractivity contribution in [3.8, 4) is 0 Å². The Balaban J connectivity index is 0.00000156. The summed E-state index contributed by atoms with van der Waals surface area (Å²) < 4.78 is 5.60. The number of amides is 1. The Hall–Kier alpha value is -0.850. The van der Waals surface area contributed by atoms with E-state index in [1.54, 1.807) is 0 Å². The number of piperidine rings is 1. The van der Waals surface area contributed by atoms with Crippen LogP contribution in [-0.2, 0) is 16.1 Å². The molecule has 142 valence electrons. The lowest BCUT2D eigenvalue weighted by molar-refractivity contribution is -0.125. The summed E-state index contributed by atoms with van der Waals surface area (Å²) in [7, 11) is 0. The van der Waals surface area contributed by atoms with E-state index in [0.717, 1.165) is 45.6 Å². The number of nitrogens with zero attached hydrogens (tertiary/aromatic N) is 1. The number of carbonyl (C=O) groups excluding carboxylic acids is 1. The van der Waals surface area contributed by atoms with Gasteiger partial charge in [-0.25, -0.2) is 0 Å². The van der Waals surface area contributed by atoms with Gasteiger partial charge in [0.2, 0.25) is 5.91 Å². The number of rotatable bonds is 5. The highest BCUT2D eigenvalue weighted by atomic mass is 35.5. The van der Waals surface area contributed by atoms with Crippen LogP contribution in [0.2, 0.25) is 0 Å². The Bertz CT molecular complexity index is 498. The molecular formula is C18H29Cl2N3O2. The van der Waals surface area contributed by atoms with E-state index in [0.29, 0.717) is 13.0 Å². The minimum Gasteiger partial charge on any atom is -0.375 e. The van der Waals surface area contributed by atoms with Crippen molar-refractivity contribution in [2.24, 2.45) is 0 Å². The molecule has 1 aromatic carbocycles. The second-order valence-electron chi connectivity index (χ2n) is 6.53. The Labute approximate surface area is 162 Å². The van der Waals surface area contributed by atoms with Gasteiger partial charge in [0.25, 0.3) is 0 Å². The molecule has 2 N–H and O–H groups in total. The molecule has 7 heteroatoms. The zero-order valence-corrected chi connectivity index (χ0v) is 16.1. The number of hydrogen-bond acceptors (Lipinski definition) is 4. The van der Waals surface area contributed by atoms with Crippen LogP contribution in [0.4, 0.5) is 0 Å². The number of morpholine rings is 1. The molecule has 1 aromatic rings. The zero-order valence-electron chi connectivity index (χ0n) is 14.5. The third-order valence-corrected chi connectivity index (χ3v) is 4.54. The molecule has 2 aliphatic heterocycles. The van der Waals surface area contributed by atoms with Gasteiger partial charge in [-0.2, -0.15) is 0 Å². The molecule has 3 rings (SSSR count). The first-order valence-electron chi connectivity index (χ1n) is 8.67. The minimum atomic E-state index is 0. The minimum absolute atomic E-state index is 0. The molecular weight excluding hydrogens is 361 g/mol. The largest absolute Gasteiger partial charge is 0.375 e. The van der Waals surface area contributed by atoms with Crippen LogP contribution in [-0.4, -0.2) is 55.7 Å². The predicted molar refractivity (Wildman–Crippen MR) is 105 cm³/mol. The third kappa shape index (κ3) is 7.50. The van der Waals surface area contributed by atoms with Gasteiger partial charge < -0.3 is 15.4 Å². The van der Waals surface area contributed by atoms with Gasteiger partial charge in [-0.15, -0.1) is 24.8 Å². The summed E-state index contributed by atoms with van der Waals surface area (Å²) in [4.78, 5) is 14.6. The average Bonchev–Trinajstić information content (AvgIpc) is 2.57. The molecule has 0 saturated carbocycles. The van der Waals surface area contributed by atoms with Crippen LogP contribution in [0.1, 0.15) is 24.8 Å². The second kappa shape index (κ2) is 11.7. The van der Waals surface area contributed by atoms with Crippen LogP contribution in [0.3, 0.4) is 0 Å².